The Bertz CT molecular complexity index is 625. The minimum atomic E-state index is -0.314. The van der Waals surface area contributed by atoms with Crippen molar-refractivity contribution in [3.05, 3.63) is 54.1 Å². The number of nitrogens with zero attached hydrogens (tertiary/aromatic N) is 1. The predicted octanol–water partition coefficient (Wildman–Crippen LogP) is 3.32. The van der Waals surface area contributed by atoms with Crippen LogP contribution in [0.25, 0.3) is 0 Å². The molecular formula is C15H13NO3. The van der Waals surface area contributed by atoms with Crippen molar-refractivity contribution in [2.75, 3.05) is 5.06 Å². The Labute approximate surface area is 110 Å². The van der Waals surface area contributed by atoms with Crippen LogP contribution in [0.4, 0.5) is 5.69 Å². The van der Waals surface area contributed by atoms with E-state index in [1.807, 2.05) is 36.4 Å². The first kappa shape index (κ1) is 11.7. The van der Waals surface area contributed by atoms with Gasteiger partial charge in [0.25, 0.3) is 5.91 Å². The van der Waals surface area contributed by atoms with Crippen molar-refractivity contribution >= 4 is 11.6 Å². The Morgan fingerprint density at radius 2 is 1.84 bits per heavy atom. The second-order valence-electron chi connectivity index (χ2n) is 4.51. The van der Waals surface area contributed by atoms with Gasteiger partial charge in [-0.15, -0.1) is 0 Å². The van der Waals surface area contributed by atoms with Crippen LogP contribution in [0.15, 0.2) is 48.5 Å². The molecule has 1 unspecified atom stereocenters. The van der Waals surface area contributed by atoms with Crippen LogP contribution >= 0.6 is 0 Å². The van der Waals surface area contributed by atoms with E-state index in [1.165, 1.54) is 0 Å². The lowest BCUT2D eigenvalue weighted by atomic mass is 10.0. The Balaban J connectivity index is 1.93. The maximum absolute atomic E-state index is 11.7. The highest BCUT2D eigenvalue weighted by Gasteiger charge is 2.33. The average Bonchev–Trinajstić information content (AvgIpc) is 2.65. The molecule has 0 fully saturated rings. The zero-order chi connectivity index (χ0) is 13.4. The Morgan fingerprint density at radius 1 is 1.11 bits per heavy atom. The van der Waals surface area contributed by atoms with Crippen LogP contribution in [0.3, 0.4) is 0 Å². The first-order chi connectivity index (χ1) is 9.16. The summed E-state index contributed by atoms with van der Waals surface area (Å²) in [6.07, 6.45) is 0. The number of hydroxylamine groups is 1. The van der Waals surface area contributed by atoms with E-state index in [0.29, 0.717) is 22.2 Å². The van der Waals surface area contributed by atoms with Crippen molar-refractivity contribution in [1.29, 1.82) is 0 Å². The molecule has 0 saturated heterocycles. The van der Waals surface area contributed by atoms with E-state index in [0.717, 1.165) is 5.56 Å². The van der Waals surface area contributed by atoms with Gasteiger partial charge < -0.3 is 4.74 Å². The molecule has 1 aliphatic heterocycles. The molecule has 19 heavy (non-hydrogen) atoms. The van der Waals surface area contributed by atoms with Crippen molar-refractivity contribution in [3.8, 4) is 11.5 Å². The second-order valence-corrected chi connectivity index (χ2v) is 4.51. The van der Waals surface area contributed by atoms with Crippen molar-refractivity contribution in [1.82, 2.24) is 0 Å². The molecule has 2 aromatic carbocycles. The van der Waals surface area contributed by atoms with Crippen LogP contribution in [0.1, 0.15) is 18.4 Å². The van der Waals surface area contributed by atoms with Gasteiger partial charge in [0.05, 0.1) is 11.6 Å². The molecule has 0 spiro atoms. The minimum absolute atomic E-state index is 0.313. The largest absolute Gasteiger partial charge is 0.457 e. The number of benzene rings is 2. The number of hydrogen-bond acceptors (Lipinski definition) is 3. The minimum Gasteiger partial charge on any atom is -0.457 e. The molecule has 0 aromatic heterocycles. The topological polar surface area (TPSA) is 49.8 Å². The third-order valence-electron chi connectivity index (χ3n) is 3.25. The quantitative estimate of drug-likeness (QED) is 0.837. The molecule has 96 valence electrons. The van der Waals surface area contributed by atoms with Gasteiger partial charge in [-0.1, -0.05) is 24.3 Å². The smallest absolute Gasteiger partial charge is 0.258 e. The van der Waals surface area contributed by atoms with E-state index in [9.17, 15) is 10.0 Å². The van der Waals surface area contributed by atoms with Gasteiger partial charge in [0, 0.05) is 6.07 Å². The molecule has 1 heterocycles. The molecule has 2 aromatic rings. The van der Waals surface area contributed by atoms with Crippen LogP contribution < -0.4 is 9.80 Å². The molecule has 0 saturated carbocycles. The number of fused-ring (bicyclic) bond motifs is 1. The monoisotopic (exact) mass is 255 g/mol. The highest BCUT2D eigenvalue weighted by atomic mass is 16.5. The normalized spacial score (nSPS) is 17.5. The maximum atomic E-state index is 11.7. The van der Waals surface area contributed by atoms with Gasteiger partial charge in [-0.25, -0.2) is 0 Å². The third kappa shape index (κ3) is 1.96. The SMILES string of the molecule is CC1C(=O)N(O)c2cc(Oc3ccccc3)ccc21. The van der Waals surface area contributed by atoms with E-state index >= 15 is 0 Å². The summed E-state index contributed by atoms with van der Waals surface area (Å²) in [6.45, 7) is 1.77. The lowest BCUT2D eigenvalue weighted by Gasteiger charge is -2.10. The summed E-state index contributed by atoms with van der Waals surface area (Å²) in [5.41, 5.74) is 1.30. The van der Waals surface area contributed by atoms with Crippen molar-refractivity contribution in [2.45, 2.75) is 12.8 Å². The Morgan fingerprint density at radius 3 is 2.58 bits per heavy atom. The number of para-hydroxylation sites is 1. The highest BCUT2D eigenvalue weighted by molar-refractivity contribution is 6.02. The number of anilines is 1. The molecule has 1 atom stereocenters. The average molecular weight is 255 g/mol. The number of amides is 1. The van der Waals surface area contributed by atoms with E-state index in [2.05, 4.69) is 0 Å². The van der Waals surface area contributed by atoms with Gasteiger partial charge in [0.15, 0.2) is 0 Å². The molecule has 0 radical (unpaired) electrons. The van der Waals surface area contributed by atoms with E-state index in [1.54, 1.807) is 19.1 Å². The van der Waals surface area contributed by atoms with Crippen LogP contribution in [0, 0.1) is 0 Å². The highest BCUT2D eigenvalue weighted by Crippen LogP contribution is 2.38. The van der Waals surface area contributed by atoms with E-state index < -0.39 is 0 Å². The fourth-order valence-electron chi connectivity index (χ4n) is 2.20. The number of ether oxygens (including phenoxy) is 1. The van der Waals surface area contributed by atoms with Gasteiger partial charge in [-0.2, -0.15) is 5.06 Å². The molecule has 1 amide bonds. The summed E-state index contributed by atoms with van der Waals surface area (Å²) >= 11 is 0. The van der Waals surface area contributed by atoms with Crippen LogP contribution in [-0.2, 0) is 4.79 Å². The summed E-state index contributed by atoms with van der Waals surface area (Å²) < 4.78 is 5.67. The van der Waals surface area contributed by atoms with Crippen LogP contribution in [0.2, 0.25) is 0 Å². The molecule has 1 N–H and O–H groups in total. The zero-order valence-corrected chi connectivity index (χ0v) is 10.4. The van der Waals surface area contributed by atoms with Crippen LogP contribution in [0.5, 0.6) is 11.5 Å². The Kier molecular flexibility index (Phi) is 2.72. The summed E-state index contributed by atoms with van der Waals surface area (Å²) in [4.78, 5) is 11.7. The fraction of sp³-hybridized carbons (Fsp3) is 0.133. The van der Waals surface area contributed by atoms with Crippen molar-refractivity contribution in [3.63, 3.8) is 0 Å². The summed E-state index contributed by atoms with van der Waals surface area (Å²) in [5.74, 6) is 0.674. The number of hydrogen-bond donors (Lipinski definition) is 1. The lowest BCUT2D eigenvalue weighted by molar-refractivity contribution is -0.123. The zero-order valence-electron chi connectivity index (χ0n) is 10.4. The maximum Gasteiger partial charge on any atom is 0.258 e. The van der Waals surface area contributed by atoms with E-state index in [4.69, 9.17) is 4.74 Å². The summed E-state index contributed by atoms with van der Waals surface area (Å²) in [6, 6.07) is 14.6. The van der Waals surface area contributed by atoms with E-state index in [-0.39, 0.29) is 11.8 Å². The number of rotatable bonds is 2. The van der Waals surface area contributed by atoms with Gasteiger partial charge >= 0.3 is 0 Å². The summed E-state index contributed by atoms with van der Waals surface area (Å²) in [5, 5.41) is 10.4. The van der Waals surface area contributed by atoms with Crippen molar-refractivity contribution < 1.29 is 14.7 Å². The van der Waals surface area contributed by atoms with Gasteiger partial charge in [0.2, 0.25) is 0 Å². The lowest BCUT2D eigenvalue weighted by Crippen LogP contribution is -2.23. The number of carbonyl (C=O) groups excluding carboxylic acids is 1. The molecule has 4 heteroatoms. The standard InChI is InChI=1S/C15H13NO3/c1-10-13-8-7-12(9-14(13)16(18)15(10)17)19-11-5-3-2-4-6-11/h2-10,18H,1H3. The summed E-state index contributed by atoms with van der Waals surface area (Å²) in [7, 11) is 0. The third-order valence-corrected chi connectivity index (χ3v) is 3.25. The molecule has 1 aliphatic rings. The van der Waals surface area contributed by atoms with Crippen LogP contribution in [-0.4, -0.2) is 11.1 Å². The van der Waals surface area contributed by atoms with Gasteiger partial charge in [-0.3, -0.25) is 10.0 Å². The Hall–Kier alpha value is -2.33. The molecule has 4 nitrogen and oxygen atoms in total. The fourth-order valence-corrected chi connectivity index (χ4v) is 2.20. The molecule has 0 bridgehead atoms. The predicted molar refractivity (Wildman–Crippen MR) is 70.6 cm³/mol. The van der Waals surface area contributed by atoms with Gasteiger partial charge in [0.1, 0.15) is 11.5 Å². The van der Waals surface area contributed by atoms with Crippen molar-refractivity contribution in [2.24, 2.45) is 0 Å². The number of carbonyl (C=O) groups is 1. The van der Waals surface area contributed by atoms with Gasteiger partial charge in [-0.05, 0) is 30.7 Å². The second kappa shape index (κ2) is 4.40. The first-order valence-electron chi connectivity index (χ1n) is 6.06. The molecular weight excluding hydrogens is 242 g/mol. The first-order valence-corrected chi connectivity index (χ1v) is 6.06. The molecule has 0 aliphatic carbocycles. The molecule has 3 rings (SSSR count).